The molecule has 2 aromatic carbocycles. The van der Waals surface area contributed by atoms with Crippen LogP contribution in [0.25, 0.3) is 0 Å². The number of nitro benzene ring substituents is 1. The molecule has 0 aliphatic carbocycles. The molecule has 0 aromatic heterocycles. The molecule has 0 saturated heterocycles. The number of halogens is 1. The third-order valence-electron chi connectivity index (χ3n) is 4.00. The number of hydrogen-bond donors (Lipinski definition) is 1. The molecule has 24 heavy (non-hydrogen) atoms. The van der Waals surface area contributed by atoms with Crippen molar-refractivity contribution in [1.82, 2.24) is 0 Å². The third-order valence-corrected chi connectivity index (χ3v) is 5.63. The summed E-state index contributed by atoms with van der Waals surface area (Å²) in [6, 6.07) is 9.67. The number of nitrogens with zero attached hydrogens (tertiary/aromatic N) is 2. The van der Waals surface area contributed by atoms with Crippen molar-refractivity contribution < 1.29 is 13.3 Å². The van der Waals surface area contributed by atoms with Crippen molar-refractivity contribution in [2.24, 2.45) is 5.14 Å². The average molecular weight is 412 g/mol. The molecule has 3 rings (SSSR count). The number of anilines is 1. The van der Waals surface area contributed by atoms with E-state index in [1.807, 2.05) is 23.1 Å². The van der Waals surface area contributed by atoms with E-state index in [1.165, 1.54) is 17.7 Å². The third kappa shape index (κ3) is 3.28. The minimum Gasteiger partial charge on any atom is -0.367 e. The Labute approximate surface area is 147 Å². The summed E-state index contributed by atoms with van der Waals surface area (Å²) in [4.78, 5) is 12.1. The molecular weight excluding hydrogens is 398 g/mol. The quantitative estimate of drug-likeness (QED) is 0.616. The topological polar surface area (TPSA) is 107 Å². The largest absolute Gasteiger partial charge is 0.367 e. The SMILES string of the molecule is NS(=O)(=O)c1cc(N2CCc3cccc(Br)c3C2)cc([N+](=O)[O-])c1. The molecule has 1 aliphatic rings. The summed E-state index contributed by atoms with van der Waals surface area (Å²) in [6.45, 7) is 1.16. The summed E-state index contributed by atoms with van der Waals surface area (Å²) in [6.07, 6.45) is 0.766. The highest BCUT2D eigenvalue weighted by Gasteiger charge is 2.23. The summed E-state index contributed by atoms with van der Waals surface area (Å²) in [5.41, 5.74) is 2.47. The van der Waals surface area contributed by atoms with Gasteiger partial charge in [0.05, 0.1) is 9.82 Å². The lowest BCUT2D eigenvalue weighted by Gasteiger charge is -2.31. The molecule has 0 fully saturated rings. The first-order chi connectivity index (χ1) is 11.3. The van der Waals surface area contributed by atoms with Crippen molar-refractivity contribution in [2.45, 2.75) is 17.9 Å². The van der Waals surface area contributed by atoms with Crippen molar-refractivity contribution in [3.05, 3.63) is 62.1 Å². The Hall–Kier alpha value is -1.97. The standard InChI is InChI=1S/C15H14BrN3O4S/c16-15-3-1-2-10-4-5-18(9-14(10)15)11-6-12(19(20)21)8-13(7-11)24(17,22)23/h1-3,6-8H,4-5,9H2,(H2,17,22,23). The maximum absolute atomic E-state index is 11.6. The second-order valence-corrected chi connectivity index (χ2v) is 7.95. The van der Waals surface area contributed by atoms with Crippen LogP contribution < -0.4 is 10.0 Å². The van der Waals surface area contributed by atoms with Gasteiger partial charge in [-0.05, 0) is 29.7 Å². The number of rotatable bonds is 3. The van der Waals surface area contributed by atoms with Gasteiger partial charge in [0.25, 0.3) is 5.69 Å². The number of non-ortho nitro benzene ring substituents is 1. The van der Waals surface area contributed by atoms with E-state index >= 15 is 0 Å². The average Bonchev–Trinajstić information content (AvgIpc) is 2.53. The molecule has 126 valence electrons. The van der Waals surface area contributed by atoms with Gasteiger partial charge in [-0.1, -0.05) is 28.1 Å². The number of fused-ring (bicyclic) bond motifs is 1. The van der Waals surface area contributed by atoms with E-state index in [-0.39, 0.29) is 10.6 Å². The van der Waals surface area contributed by atoms with Crippen molar-refractivity contribution in [3.8, 4) is 0 Å². The van der Waals surface area contributed by atoms with Crippen LogP contribution in [0.4, 0.5) is 11.4 Å². The van der Waals surface area contributed by atoms with Gasteiger partial charge < -0.3 is 4.90 Å². The number of primary sulfonamides is 1. The molecule has 0 spiro atoms. The molecule has 2 N–H and O–H groups in total. The highest BCUT2D eigenvalue weighted by Crippen LogP contribution is 2.32. The van der Waals surface area contributed by atoms with Gasteiger partial charge in [0.2, 0.25) is 10.0 Å². The lowest BCUT2D eigenvalue weighted by Crippen LogP contribution is -2.31. The van der Waals surface area contributed by atoms with Crippen LogP contribution >= 0.6 is 15.9 Å². The van der Waals surface area contributed by atoms with Crippen LogP contribution in [0.5, 0.6) is 0 Å². The number of benzene rings is 2. The molecular formula is C15H14BrN3O4S. The lowest BCUT2D eigenvalue weighted by atomic mass is 9.99. The van der Waals surface area contributed by atoms with Gasteiger partial charge in [-0.15, -0.1) is 0 Å². The molecule has 1 aliphatic heterocycles. The lowest BCUT2D eigenvalue weighted by molar-refractivity contribution is -0.385. The van der Waals surface area contributed by atoms with Crippen LogP contribution in [-0.4, -0.2) is 19.9 Å². The van der Waals surface area contributed by atoms with Crippen LogP contribution in [-0.2, 0) is 23.0 Å². The van der Waals surface area contributed by atoms with Crippen molar-refractivity contribution in [1.29, 1.82) is 0 Å². The maximum atomic E-state index is 11.6. The van der Waals surface area contributed by atoms with Gasteiger partial charge in [0, 0.05) is 35.4 Å². The predicted octanol–water partition coefficient (Wildman–Crippen LogP) is 2.57. The monoisotopic (exact) mass is 411 g/mol. The van der Waals surface area contributed by atoms with Crippen LogP contribution in [0.2, 0.25) is 0 Å². The fourth-order valence-corrected chi connectivity index (χ4v) is 3.88. The summed E-state index contributed by atoms with van der Waals surface area (Å²) < 4.78 is 24.2. The Kier molecular flexibility index (Phi) is 4.33. The summed E-state index contributed by atoms with van der Waals surface area (Å²) >= 11 is 3.52. The molecule has 0 saturated carbocycles. The first kappa shape index (κ1) is 16.9. The fourth-order valence-electron chi connectivity index (χ4n) is 2.78. The molecule has 9 heteroatoms. The Morgan fingerprint density at radius 2 is 2.00 bits per heavy atom. The van der Waals surface area contributed by atoms with Crippen LogP contribution in [0.3, 0.4) is 0 Å². The maximum Gasteiger partial charge on any atom is 0.272 e. The van der Waals surface area contributed by atoms with E-state index in [9.17, 15) is 18.5 Å². The van der Waals surface area contributed by atoms with Crippen molar-refractivity contribution in [2.75, 3.05) is 11.4 Å². The number of hydrogen-bond acceptors (Lipinski definition) is 5. The molecule has 0 radical (unpaired) electrons. The summed E-state index contributed by atoms with van der Waals surface area (Å²) in [5, 5.41) is 16.3. The van der Waals surface area contributed by atoms with E-state index in [0.717, 1.165) is 22.5 Å². The minimum absolute atomic E-state index is 0.260. The van der Waals surface area contributed by atoms with Gasteiger partial charge in [-0.3, -0.25) is 10.1 Å². The number of sulfonamides is 1. The molecule has 7 nitrogen and oxygen atoms in total. The fraction of sp³-hybridized carbons (Fsp3) is 0.200. The number of nitrogens with two attached hydrogens (primary N) is 1. The highest BCUT2D eigenvalue weighted by atomic mass is 79.9. The zero-order valence-electron chi connectivity index (χ0n) is 12.5. The Morgan fingerprint density at radius 1 is 1.25 bits per heavy atom. The van der Waals surface area contributed by atoms with Gasteiger partial charge >= 0.3 is 0 Å². The van der Waals surface area contributed by atoms with Gasteiger partial charge in [-0.25, -0.2) is 13.6 Å². The Balaban J connectivity index is 2.05. The summed E-state index contributed by atoms with van der Waals surface area (Å²) in [5.74, 6) is 0. The van der Waals surface area contributed by atoms with E-state index < -0.39 is 14.9 Å². The smallest absolute Gasteiger partial charge is 0.272 e. The van der Waals surface area contributed by atoms with E-state index in [4.69, 9.17) is 5.14 Å². The molecule has 0 unspecified atom stereocenters. The normalized spacial score (nSPS) is 14.3. The zero-order chi connectivity index (χ0) is 17.5. The van der Waals surface area contributed by atoms with Gasteiger partial charge in [-0.2, -0.15) is 0 Å². The van der Waals surface area contributed by atoms with Gasteiger partial charge in [0.1, 0.15) is 0 Å². The molecule has 2 aromatic rings. The highest BCUT2D eigenvalue weighted by molar-refractivity contribution is 9.10. The predicted molar refractivity (Wildman–Crippen MR) is 93.4 cm³/mol. The van der Waals surface area contributed by atoms with Crippen LogP contribution in [0.15, 0.2) is 45.8 Å². The molecule has 0 amide bonds. The zero-order valence-corrected chi connectivity index (χ0v) is 14.9. The second kappa shape index (κ2) is 6.15. The molecule has 1 heterocycles. The first-order valence-corrected chi connectivity index (χ1v) is 9.43. The molecule has 0 atom stereocenters. The molecule has 0 bridgehead atoms. The first-order valence-electron chi connectivity index (χ1n) is 7.09. The summed E-state index contributed by atoms with van der Waals surface area (Å²) in [7, 11) is -4.03. The van der Waals surface area contributed by atoms with Crippen molar-refractivity contribution in [3.63, 3.8) is 0 Å². The van der Waals surface area contributed by atoms with Gasteiger partial charge in [0.15, 0.2) is 0 Å². The second-order valence-electron chi connectivity index (χ2n) is 5.54. The van der Waals surface area contributed by atoms with E-state index in [0.29, 0.717) is 18.8 Å². The number of nitro groups is 1. The van der Waals surface area contributed by atoms with E-state index in [2.05, 4.69) is 15.9 Å². The van der Waals surface area contributed by atoms with E-state index in [1.54, 1.807) is 0 Å². The van der Waals surface area contributed by atoms with Crippen molar-refractivity contribution >= 4 is 37.3 Å². The minimum atomic E-state index is -4.03. The van der Waals surface area contributed by atoms with Crippen LogP contribution in [0, 0.1) is 10.1 Å². The van der Waals surface area contributed by atoms with Crippen LogP contribution in [0.1, 0.15) is 11.1 Å². The Morgan fingerprint density at radius 3 is 2.67 bits per heavy atom. The Bertz CT molecular complexity index is 930.